The van der Waals surface area contributed by atoms with Gasteiger partial charge in [-0.1, -0.05) is 36.4 Å². The van der Waals surface area contributed by atoms with Gasteiger partial charge in [-0.05, 0) is 17.7 Å². The van der Waals surface area contributed by atoms with Crippen LogP contribution in [-0.4, -0.2) is 46.8 Å². The molecule has 1 saturated heterocycles. The van der Waals surface area contributed by atoms with Crippen molar-refractivity contribution in [2.45, 2.75) is 12.6 Å². The number of nitrogens with one attached hydrogen (secondary N) is 2. The van der Waals surface area contributed by atoms with Gasteiger partial charge in [0, 0.05) is 32.2 Å². The molecule has 2 N–H and O–H groups in total. The maximum absolute atomic E-state index is 5.97. The van der Waals surface area contributed by atoms with E-state index in [9.17, 15) is 0 Å². The minimum absolute atomic E-state index is 0.0101. The number of aromatic amines is 1. The monoisotopic (exact) mass is 349 g/mol. The van der Waals surface area contributed by atoms with Gasteiger partial charge in [0.2, 0.25) is 0 Å². The fourth-order valence-electron chi connectivity index (χ4n) is 3.32. The molecule has 0 amide bonds. The van der Waals surface area contributed by atoms with Crippen LogP contribution in [-0.2, 0) is 11.3 Å². The lowest BCUT2D eigenvalue weighted by atomic mass is 10.1. The van der Waals surface area contributed by atoms with Gasteiger partial charge in [0.1, 0.15) is 11.9 Å². The van der Waals surface area contributed by atoms with Crippen molar-refractivity contribution in [2.24, 2.45) is 0 Å². The van der Waals surface area contributed by atoms with Crippen LogP contribution in [0.15, 0.2) is 54.7 Å². The minimum Gasteiger partial charge on any atom is -0.373 e. The molecule has 2 aromatic heterocycles. The Morgan fingerprint density at radius 1 is 1.19 bits per heavy atom. The molecule has 0 saturated carbocycles. The van der Waals surface area contributed by atoms with E-state index in [4.69, 9.17) is 4.74 Å². The van der Waals surface area contributed by atoms with E-state index >= 15 is 0 Å². The Bertz CT molecular complexity index is 848. The zero-order valence-corrected chi connectivity index (χ0v) is 14.9. The lowest BCUT2D eigenvalue weighted by molar-refractivity contribution is -0.0348. The highest BCUT2D eigenvalue weighted by atomic mass is 16.5. The summed E-state index contributed by atoms with van der Waals surface area (Å²) >= 11 is 0. The summed E-state index contributed by atoms with van der Waals surface area (Å²) in [7, 11) is 1.88. The molecule has 134 valence electrons. The van der Waals surface area contributed by atoms with E-state index in [1.54, 1.807) is 0 Å². The first-order valence-corrected chi connectivity index (χ1v) is 8.90. The highest BCUT2D eigenvalue weighted by Gasteiger charge is 2.24. The van der Waals surface area contributed by atoms with Crippen molar-refractivity contribution in [2.75, 3.05) is 32.1 Å². The van der Waals surface area contributed by atoms with Gasteiger partial charge in [-0.25, -0.2) is 4.98 Å². The van der Waals surface area contributed by atoms with Crippen molar-refractivity contribution < 1.29 is 4.74 Å². The number of H-pyrrole nitrogens is 1. The Kier molecular flexibility index (Phi) is 4.95. The Morgan fingerprint density at radius 3 is 2.92 bits per heavy atom. The number of ether oxygens (including phenoxy) is 1. The Balaban J connectivity index is 1.49. The summed E-state index contributed by atoms with van der Waals surface area (Å²) in [6.07, 6.45) is 1.91. The summed E-state index contributed by atoms with van der Waals surface area (Å²) < 4.78 is 5.97. The van der Waals surface area contributed by atoms with Crippen LogP contribution in [0.2, 0.25) is 0 Å². The number of benzene rings is 1. The number of hydrogen-bond acceptors (Lipinski definition) is 5. The average Bonchev–Trinajstić information content (AvgIpc) is 3.17. The van der Waals surface area contributed by atoms with Crippen molar-refractivity contribution in [3.63, 3.8) is 0 Å². The summed E-state index contributed by atoms with van der Waals surface area (Å²) in [5, 5.41) is 10.5. The Morgan fingerprint density at radius 2 is 2.08 bits per heavy atom. The summed E-state index contributed by atoms with van der Waals surface area (Å²) in [5.74, 6) is 0.865. The highest BCUT2D eigenvalue weighted by Crippen LogP contribution is 2.26. The van der Waals surface area contributed by atoms with E-state index in [1.165, 1.54) is 5.56 Å². The summed E-state index contributed by atoms with van der Waals surface area (Å²) in [6.45, 7) is 3.27. The molecule has 1 aliphatic rings. The molecule has 26 heavy (non-hydrogen) atoms. The third kappa shape index (κ3) is 3.61. The zero-order valence-electron chi connectivity index (χ0n) is 14.9. The van der Waals surface area contributed by atoms with Crippen molar-refractivity contribution in [1.29, 1.82) is 0 Å². The molecule has 1 aromatic carbocycles. The van der Waals surface area contributed by atoms with Crippen LogP contribution in [0.1, 0.15) is 17.4 Å². The van der Waals surface area contributed by atoms with E-state index in [0.717, 1.165) is 42.4 Å². The third-order valence-electron chi connectivity index (χ3n) is 4.68. The molecular formula is C20H23N5O. The molecule has 0 aliphatic carbocycles. The van der Waals surface area contributed by atoms with Crippen LogP contribution in [0.4, 0.5) is 5.82 Å². The van der Waals surface area contributed by atoms with E-state index in [1.807, 2.05) is 49.6 Å². The second-order valence-corrected chi connectivity index (χ2v) is 6.43. The number of aromatic nitrogens is 3. The standard InChI is InChI=1S/C20H23N5O/c1-21-19-9-5-8-17(23-19)18-14-25(10-11-26-18)13-16-12-22-24-20(16)15-6-3-2-4-7-15/h2-9,12,18H,10-11,13-14H2,1H3,(H,21,23)(H,22,24)/t18-/m1/s1. The van der Waals surface area contributed by atoms with Gasteiger partial charge in [0.25, 0.3) is 0 Å². The van der Waals surface area contributed by atoms with E-state index in [2.05, 4.69) is 37.5 Å². The van der Waals surface area contributed by atoms with Crippen LogP contribution >= 0.6 is 0 Å². The van der Waals surface area contributed by atoms with Crippen molar-refractivity contribution in [3.8, 4) is 11.3 Å². The quantitative estimate of drug-likeness (QED) is 0.741. The Labute approximate surface area is 153 Å². The maximum atomic E-state index is 5.97. The average molecular weight is 349 g/mol. The molecular weight excluding hydrogens is 326 g/mol. The van der Waals surface area contributed by atoms with Gasteiger partial charge < -0.3 is 10.1 Å². The van der Waals surface area contributed by atoms with Gasteiger partial charge in [-0.15, -0.1) is 0 Å². The van der Waals surface area contributed by atoms with Crippen molar-refractivity contribution in [1.82, 2.24) is 20.1 Å². The fraction of sp³-hybridized carbons (Fsp3) is 0.300. The molecule has 1 fully saturated rings. The van der Waals surface area contributed by atoms with Gasteiger partial charge in [-0.2, -0.15) is 5.10 Å². The van der Waals surface area contributed by atoms with E-state index in [-0.39, 0.29) is 6.10 Å². The Hall–Kier alpha value is -2.70. The highest BCUT2D eigenvalue weighted by molar-refractivity contribution is 5.62. The number of nitrogens with zero attached hydrogens (tertiary/aromatic N) is 3. The first kappa shape index (κ1) is 16.8. The first-order chi connectivity index (χ1) is 12.8. The molecule has 4 rings (SSSR count). The number of pyridine rings is 1. The molecule has 3 heterocycles. The molecule has 0 unspecified atom stereocenters. The van der Waals surface area contributed by atoms with Crippen LogP contribution in [0, 0.1) is 0 Å². The predicted molar refractivity (Wildman–Crippen MR) is 102 cm³/mol. The first-order valence-electron chi connectivity index (χ1n) is 8.90. The number of hydrogen-bond donors (Lipinski definition) is 2. The number of rotatable bonds is 5. The van der Waals surface area contributed by atoms with Gasteiger partial charge in [-0.3, -0.25) is 10.00 Å². The summed E-state index contributed by atoms with van der Waals surface area (Å²) in [4.78, 5) is 7.03. The van der Waals surface area contributed by atoms with Gasteiger partial charge in [0.05, 0.1) is 24.2 Å². The van der Waals surface area contributed by atoms with Crippen LogP contribution in [0.3, 0.4) is 0 Å². The van der Waals surface area contributed by atoms with Gasteiger partial charge in [0.15, 0.2) is 0 Å². The normalized spacial score (nSPS) is 18.0. The second-order valence-electron chi connectivity index (χ2n) is 6.43. The zero-order chi connectivity index (χ0) is 17.8. The van der Waals surface area contributed by atoms with Crippen molar-refractivity contribution >= 4 is 5.82 Å². The number of morpholine rings is 1. The molecule has 1 aliphatic heterocycles. The molecule has 3 aromatic rings. The van der Waals surface area contributed by atoms with E-state index in [0.29, 0.717) is 6.61 Å². The molecule has 6 nitrogen and oxygen atoms in total. The third-order valence-corrected chi connectivity index (χ3v) is 4.68. The lowest BCUT2D eigenvalue weighted by Gasteiger charge is -2.32. The summed E-state index contributed by atoms with van der Waals surface area (Å²) in [6, 6.07) is 16.3. The lowest BCUT2D eigenvalue weighted by Crippen LogP contribution is -2.38. The van der Waals surface area contributed by atoms with Crippen LogP contribution in [0.5, 0.6) is 0 Å². The van der Waals surface area contributed by atoms with Gasteiger partial charge >= 0.3 is 0 Å². The van der Waals surface area contributed by atoms with Crippen LogP contribution < -0.4 is 5.32 Å². The molecule has 1 atom stereocenters. The SMILES string of the molecule is CNc1cccc([C@H]2CN(Cc3cn[nH]c3-c3ccccc3)CCO2)n1. The number of anilines is 1. The molecule has 0 radical (unpaired) electrons. The van der Waals surface area contributed by atoms with Crippen LogP contribution in [0.25, 0.3) is 11.3 Å². The largest absolute Gasteiger partial charge is 0.373 e. The maximum Gasteiger partial charge on any atom is 0.126 e. The molecule has 0 spiro atoms. The predicted octanol–water partition coefficient (Wildman–Crippen LogP) is 3.09. The smallest absolute Gasteiger partial charge is 0.126 e. The van der Waals surface area contributed by atoms with E-state index < -0.39 is 0 Å². The minimum atomic E-state index is -0.0101. The molecule has 6 heteroatoms. The second kappa shape index (κ2) is 7.68. The van der Waals surface area contributed by atoms with Crippen molar-refractivity contribution in [3.05, 3.63) is 66.0 Å². The summed E-state index contributed by atoms with van der Waals surface area (Å²) in [5.41, 5.74) is 4.42. The fourth-order valence-corrected chi connectivity index (χ4v) is 3.32. The topological polar surface area (TPSA) is 66.1 Å². The molecule has 0 bridgehead atoms.